The van der Waals surface area contributed by atoms with E-state index < -0.39 is 4.92 Å². The maximum Gasteiger partial charge on any atom is 0.270 e. The highest BCUT2D eigenvalue weighted by Crippen LogP contribution is 2.25. The van der Waals surface area contributed by atoms with Crippen LogP contribution < -0.4 is 5.56 Å². The van der Waals surface area contributed by atoms with Gasteiger partial charge in [0.05, 0.1) is 10.6 Å². The Morgan fingerprint density at radius 1 is 1.40 bits per heavy atom. The molecule has 0 saturated heterocycles. The van der Waals surface area contributed by atoms with Crippen LogP contribution in [-0.2, 0) is 6.42 Å². The van der Waals surface area contributed by atoms with E-state index in [1.54, 1.807) is 16.7 Å². The minimum absolute atomic E-state index is 0.00160. The predicted molar refractivity (Wildman–Crippen MR) is 73.6 cm³/mol. The van der Waals surface area contributed by atoms with Crippen LogP contribution in [0.1, 0.15) is 25.2 Å². The summed E-state index contributed by atoms with van der Waals surface area (Å²) in [5, 5.41) is 10.8. The number of hydrogen-bond acceptors (Lipinski definition) is 4. The zero-order chi connectivity index (χ0) is 14.3. The molecule has 2 heterocycles. The second kappa shape index (κ2) is 4.56. The van der Waals surface area contributed by atoms with Crippen LogP contribution in [0.5, 0.6) is 0 Å². The number of fused-ring (bicyclic) bond motifs is 1. The first-order valence-electron chi connectivity index (χ1n) is 6.43. The zero-order valence-electron chi connectivity index (χ0n) is 10.9. The summed E-state index contributed by atoms with van der Waals surface area (Å²) in [6.45, 7) is 1.99. The first-order valence-corrected chi connectivity index (χ1v) is 6.43. The molecule has 0 amide bonds. The van der Waals surface area contributed by atoms with Crippen molar-refractivity contribution in [2.24, 2.45) is 0 Å². The highest BCUT2D eigenvalue weighted by Gasteiger charge is 2.21. The number of nitro groups is 1. The van der Waals surface area contributed by atoms with Gasteiger partial charge < -0.3 is 0 Å². The number of nitro benzene ring substituents is 1. The highest BCUT2D eigenvalue weighted by molar-refractivity contribution is 5.62. The molecule has 2 aromatic rings. The van der Waals surface area contributed by atoms with Crippen molar-refractivity contribution in [2.75, 3.05) is 0 Å². The van der Waals surface area contributed by atoms with E-state index in [-0.39, 0.29) is 17.3 Å². The lowest BCUT2D eigenvalue weighted by atomic mass is 10.1. The number of rotatable bonds is 2. The van der Waals surface area contributed by atoms with Gasteiger partial charge in [0.25, 0.3) is 11.2 Å². The van der Waals surface area contributed by atoms with Gasteiger partial charge in [0.2, 0.25) is 0 Å². The molecule has 1 atom stereocenters. The predicted octanol–water partition coefficient (Wildman–Crippen LogP) is 2.33. The molecular formula is C14H13N3O3. The standard InChI is InChI=1S/C14H13N3O3/c1-9-5-6-13-15-12(8-14(18)16(9)13)10-3-2-4-11(7-10)17(19)20/h2-4,7-9H,5-6H2,1H3/t9-/m1/s1. The minimum atomic E-state index is -0.453. The van der Waals surface area contributed by atoms with Crippen molar-refractivity contribution in [3.05, 3.63) is 56.6 Å². The molecule has 6 nitrogen and oxygen atoms in total. The lowest BCUT2D eigenvalue weighted by Gasteiger charge is -2.09. The second-order valence-corrected chi connectivity index (χ2v) is 4.96. The molecule has 0 unspecified atom stereocenters. The molecular weight excluding hydrogens is 258 g/mol. The number of aryl methyl sites for hydroxylation is 1. The van der Waals surface area contributed by atoms with Gasteiger partial charge in [0.1, 0.15) is 5.82 Å². The smallest absolute Gasteiger partial charge is 0.270 e. The van der Waals surface area contributed by atoms with E-state index in [1.807, 2.05) is 6.92 Å². The molecule has 102 valence electrons. The lowest BCUT2D eigenvalue weighted by molar-refractivity contribution is -0.384. The van der Waals surface area contributed by atoms with Crippen LogP contribution in [-0.4, -0.2) is 14.5 Å². The first kappa shape index (κ1) is 12.5. The first-order chi connectivity index (χ1) is 9.56. The summed E-state index contributed by atoms with van der Waals surface area (Å²) in [6.07, 6.45) is 1.67. The van der Waals surface area contributed by atoms with Gasteiger partial charge in [0.15, 0.2) is 0 Å². The van der Waals surface area contributed by atoms with E-state index in [4.69, 9.17) is 0 Å². The largest absolute Gasteiger partial charge is 0.294 e. The van der Waals surface area contributed by atoms with Crippen molar-refractivity contribution < 1.29 is 4.92 Å². The van der Waals surface area contributed by atoms with E-state index in [0.29, 0.717) is 11.3 Å². The quantitative estimate of drug-likeness (QED) is 0.620. The van der Waals surface area contributed by atoms with Gasteiger partial charge in [-0.05, 0) is 13.3 Å². The molecule has 1 aromatic carbocycles. The van der Waals surface area contributed by atoms with E-state index in [9.17, 15) is 14.9 Å². The lowest BCUT2D eigenvalue weighted by Crippen LogP contribution is -2.22. The van der Waals surface area contributed by atoms with Crippen molar-refractivity contribution >= 4 is 5.69 Å². The summed E-state index contributed by atoms with van der Waals surface area (Å²) in [4.78, 5) is 26.9. The number of non-ortho nitro benzene ring substituents is 1. The third-order valence-electron chi connectivity index (χ3n) is 3.60. The Morgan fingerprint density at radius 3 is 2.95 bits per heavy atom. The third kappa shape index (κ3) is 1.99. The molecule has 0 radical (unpaired) electrons. The molecule has 0 N–H and O–H groups in total. The van der Waals surface area contributed by atoms with E-state index in [2.05, 4.69) is 4.98 Å². The summed E-state index contributed by atoms with van der Waals surface area (Å²) in [6, 6.07) is 7.81. The van der Waals surface area contributed by atoms with Gasteiger partial charge in [-0.15, -0.1) is 0 Å². The Labute approximate surface area is 114 Å². The van der Waals surface area contributed by atoms with Crippen molar-refractivity contribution in [3.63, 3.8) is 0 Å². The monoisotopic (exact) mass is 271 g/mol. The van der Waals surface area contributed by atoms with Crippen LogP contribution in [0.3, 0.4) is 0 Å². The Hall–Kier alpha value is -2.50. The highest BCUT2D eigenvalue weighted by atomic mass is 16.6. The van der Waals surface area contributed by atoms with Crippen LogP contribution in [0, 0.1) is 10.1 Å². The molecule has 0 fully saturated rings. The molecule has 1 aromatic heterocycles. The molecule has 0 saturated carbocycles. The van der Waals surface area contributed by atoms with Gasteiger partial charge in [-0.2, -0.15) is 0 Å². The Balaban J connectivity index is 2.12. The molecule has 1 aliphatic heterocycles. The molecule has 1 aliphatic rings. The topological polar surface area (TPSA) is 78.0 Å². The average Bonchev–Trinajstić information content (AvgIpc) is 2.81. The fourth-order valence-electron chi connectivity index (χ4n) is 2.58. The van der Waals surface area contributed by atoms with Crippen molar-refractivity contribution in [2.45, 2.75) is 25.8 Å². The average molecular weight is 271 g/mol. The summed E-state index contributed by atoms with van der Waals surface area (Å²) in [5.74, 6) is 0.756. The Morgan fingerprint density at radius 2 is 2.20 bits per heavy atom. The second-order valence-electron chi connectivity index (χ2n) is 4.96. The van der Waals surface area contributed by atoms with Crippen LogP contribution in [0.25, 0.3) is 11.3 Å². The molecule has 20 heavy (non-hydrogen) atoms. The van der Waals surface area contributed by atoms with Crippen molar-refractivity contribution in [1.82, 2.24) is 9.55 Å². The SMILES string of the molecule is C[C@@H]1CCc2nc(-c3cccc([N+](=O)[O-])c3)cc(=O)n21. The fourth-order valence-corrected chi connectivity index (χ4v) is 2.58. The molecule has 0 spiro atoms. The van der Waals surface area contributed by atoms with Gasteiger partial charge in [-0.1, -0.05) is 12.1 Å². The molecule has 0 bridgehead atoms. The molecule has 3 rings (SSSR count). The maximum atomic E-state index is 12.1. The number of benzene rings is 1. The van der Waals surface area contributed by atoms with Gasteiger partial charge in [0, 0.05) is 36.2 Å². The van der Waals surface area contributed by atoms with Crippen molar-refractivity contribution in [1.29, 1.82) is 0 Å². The fraction of sp³-hybridized carbons (Fsp3) is 0.286. The normalized spacial score (nSPS) is 16.9. The number of nitrogens with zero attached hydrogens (tertiary/aromatic N) is 3. The van der Waals surface area contributed by atoms with Gasteiger partial charge in [-0.25, -0.2) is 4.98 Å². The van der Waals surface area contributed by atoms with Crippen LogP contribution in [0.15, 0.2) is 35.1 Å². The molecule has 6 heteroatoms. The van der Waals surface area contributed by atoms with Crippen molar-refractivity contribution in [3.8, 4) is 11.3 Å². The third-order valence-corrected chi connectivity index (χ3v) is 3.60. The summed E-state index contributed by atoms with van der Waals surface area (Å²) in [5.41, 5.74) is 0.998. The number of aromatic nitrogens is 2. The van der Waals surface area contributed by atoms with Crippen LogP contribution >= 0.6 is 0 Å². The number of hydrogen-bond donors (Lipinski definition) is 0. The van der Waals surface area contributed by atoms with Crippen LogP contribution in [0.2, 0.25) is 0 Å². The van der Waals surface area contributed by atoms with Gasteiger partial charge >= 0.3 is 0 Å². The minimum Gasteiger partial charge on any atom is -0.294 e. The van der Waals surface area contributed by atoms with E-state index in [1.165, 1.54) is 18.2 Å². The molecule has 0 aliphatic carbocycles. The zero-order valence-corrected chi connectivity index (χ0v) is 10.9. The summed E-state index contributed by atoms with van der Waals surface area (Å²) in [7, 11) is 0. The maximum absolute atomic E-state index is 12.1. The van der Waals surface area contributed by atoms with Crippen LogP contribution in [0.4, 0.5) is 5.69 Å². The summed E-state index contributed by atoms with van der Waals surface area (Å²) >= 11 is 0. The van der Waals surface area contributed by atoms with Gasteiger partial charge in [-0.3, -0.25) is 19.5 Å². The Kier molecular flexibility index (Phi) is 2.85. The van der Waals surface area contributed by atoms with E-state index >= 15 is 0 Å². The Bertz CT molecular complexity index is 752. The summed E-state index contributed by atoms with van der Waals surface area (Å²) < 4.78 is 1.70. The van der Waals surface area contributed by atoms with E-state index in [0.717, 1.165) is 18.7 Å².